The smallest absolute Gasteiger partial charge is 0.408 e. The minimum absolute atomic E-state index is 0.163. The third-order valence-electron chi connectivity index (χ3n) is 8.39. The number of carbonyl (C=O) groups excluding carboxylic acids is 5. The lowest BCUT2D eigenvalue weighted by Gasteiger charge is -2.34. The van der Waals surface area contributed by atoms with Gasteiger partial charge in [0.2, 0.25) is 17.7 Å². The van der Waals surface area contributed by atoms with E-state index in [0.29, 0.717) is 12.8 Å². The van der Waals surface area contributed by atoms with Gasteiger partial charge in [-0.25, -0.2) is 4.79 Å². The lowest BCUT2D eigenvalue weighted by Crippen LogP contribution is -2.56. The molecule has 0 heterocycles. The Morgan fingerprint density at radius 1 is 0.788 bits per heavy atom. The van der Waals surface area contributed by atoms with Gasteiger partial charge in [0, 0.05) is 45.9 Å². The highest BCUT2D eigenvalue weighted by atomic mass is 16.6. The van der Waals surface area contributed by atoms with Gasteiger partial charge in [0.15, 0.2) is 0 Å². The molecule has 3 aromatic carbocycles. The predicted octanol–water partition coefficient (Wildman–Crippen LogP) is 5.60. The van der Waals surface area contributed by atoms with Crippen LogP contribution in [0.1, 0.15) is 65.5 Å². The lowest BCUT2D eigenvalue weighted by molar-refractivity contribution is -0.146. The van der Waals surface area contributed by atoms with Crippen LogP contribution < -0.4 is 10.6 Å². The quantitative estimate of drug-likeness (QED) is 0.112. The minimum Gasteiger partial charge on any atom is -0.466 e. The first-order chi connectivity index (χ1) is 24.5. The summed E-state index contributed by atoms with van der Waals surface area (Å²) in [7, 11) is 3.16. The first-order valence-electron chi connectivity index (χ1n) is 17.6. The van der Waals surface area contributed by atoms with Gasteiger partial charge >= 0.3 is 12.1 Å². The average Bonchev–Trinajstić information content (AvgIpc) is 3.07. The number of benzene rings is 3. The maximum absolute atomic E-state index is 14.5. The Kier molecular flexibility index (Phi) is 15.0. The molecule has 2 atom stereocenters. The molecule has 52 heavy (non-hydrogen) atoms. The van der Waals surface area contributed by atoms with E-state index in [9.17, 15) is 24.0 Å². The van der Waals surface area contributed by atoms with Gasteiger partial charge in [-0.05, 0) is 75.4 Å². The highest BCUT2D eigenvalue weighted by Gasteiger charge is 2.35. The van der Waals surface area contributed by atoms with Gasteiger partial charge < -0.3 is 29.9 Å². The van der Waals surface area contributed by atoms with Crippen molar-refractivity contribution in [3.8, 4) is 0 Å². The number of alkyl carbamates (subject to hydrolysis) is 1. The normalized spacial score (nSPS) is 12.8. The predicted molar refractivity (Wildman–Crippen MR) is 202 cm³/mol. The molecule has 0 fully saturated rings. The number of carbonyl (C=O) groups is 5. The number of rotatable bonds is 16. The minimum atomic E-state index is -0.953. The number of nitrogens with one attached hydrogen (secondary N) is 2. The molecule has 0 aliphatic rings. The van der Waals surface area contributed by atoms with Gasteiger partial charge in [0.05, 0.1) is 6.61 Å². The fourth-order valence-electron chi connectivity index (χ4n) is 5.58. The Bertz CT molecular complexity index is 1710. The molecule has 0 saturated heterocycles. The summed E-state index contributed by atoms with van der Waals surface area (Å²) in [4.78, 5) is 68.2. The van der Waals surface area contributed by atoms with Crippen LogP contribution in [0.15, 0.2) is 84.9 Å². The number of likely N-dealkylation sites (N-methyl/N-ethyl adjacent to an activating group) is 2. The zero-order valence-electron chi connectivity index (χ0n) is 31.7. The molecule has 0 bridgehead atoms. The van der Waals surface area contributed by atoms with E-state index in [2.05, 4.69) is 10.6 Å². The second-order valence-corrected chi connectivity index (χ2v) is 14.6. The van der Waals surface area contributed by atoms with Crippen LogP contribution in [0.4, 0.5) is 4.79 Å². The van der Waals surface area contributed by atoms with E-state index in [4.69, 9.17) is 9.47 Å². The fourth-order valence-corrected chi connectivity index (χ4v) is 5.58. The molecule has 3 aromatic rings. The van der Waals surface area contributed by atoms with Crippen LogP contribution in [0.3, 0.4) is 0 Å². The molecule has 2 N–H and O–H groups in total. The average molecular weight is 715 g/mol. The second-order valence-electron chi connectivity index (χ2n) is 14.6. The molecule has 11 heteroatoms. The van der Waals surface area contributed by atoms with Crippen LogP contribution in [0, 0.1) is 0 Å². The van der Waals surface area contributed by atoms with Crippen molar-refractivity contribution in [1.29, 1.82) is 0 Å². The number of ether oxygens (including phenoxy) is 2. The highest BCUT2D eigenvalue weighted by Crippen LogP contribution is 2.21. The van der Waals surface area contributed by atoms with Gasteiger partial charge in [-0.15, -0.1) is 0 Å². The van der Waals surface area contributed by atoms with Gasteiger partial charge in [-0.2, -0.15) is 0 Å². The van der Waals surface area contributed by atoms with Crippen LogP contribution in [0.25, 0.3) is 10.8 Å². The van der Waals surface area contributed by atoms with Crippen molar-refractivity contribution in [2.45, 2.75) is 90.4 Å². The summed E-state index contributed by atoms with van der Waals surface area (Å²) in [5, 5.41) is 7.77. The van der Waals surface area contributed by atoms with Crippen molar-refractivity contribution in [1.82, 2.24) is 20.4 Å². The Morgan fingerprint density at radius 3 is 2.08 bits per heavy atom. The third-order valence-corrected chi connectivity index (χ3v) is 8.39. The lowest BCUT2D eigenvalue weighted by atomic mass is 9.98. The van der Waals surface area contributed by atoms with Crippen molar-refractivity contribution in [3.63, 3.8) is 0 Å². The van der Waals surface area contributed by atoms with E-state index in [1.54, 1.807) is 40.9 Å². The van der Waals surface area contributed by atoms with Gasteiger partial charge in [-0.3, -0.25) is 19.2 Å². The Morgan fingerprint density at radius 2 is 1.42 bits per heavy atom. The first-order valence-corrected chi connectivity index (χ1v) is 17.6. The monoisotopic (exact) mass is 714 g/mol. The molecular weight excluding hydrogens is 660 g/mol. The van der Waals surface area contributed by atoms with Gasteiger partial charge in [0.25, 0.3) is 0 Å². The molecule has 280 valence electrons. The maximum Gasteiger partial charge on any atom is 0.408 e. The summed E-state index contributed by atoms with van der Waals surface area (Å²) in [6, 6.07) is 21.4. The number of esters is 1. The largest absolute Gasteiger partial charge is 0.466 e. The fraction of sp³-hybridized carbons (Fsp3) is 0.439. The molecule has 0 aromatic heterocycles. The van der Waals surface area contributed by atoms with Crippen LogP contribution in [0.5, 0.6) is 0 Å². The summed E-state index contributed by atoms with van der Waals surface area (Å²) >= 11 is 0. The van der Waals surface area contributed by atoms with E-state index in [0.717, 1.165) is 21.9 Å². The Balaban J connectivity index is 1.87. The molecule has 0 unspecified atom stereocenters. The second kappa shape index (κ2) is 18.9. The van der Waals surface area contributed by atoms with Crippen molar-refractivity contribution in [3.05, 3.63) is 96.1 Å². The van der Waals surface area contributed by atoms with Crippen LogP contribution in [-0.2, 0) is 41.5 Å². The van der Waals surface area contributed by atoms with Gasteiger partial charge in [-0.1, -0.05) is 78.9 Å². The number of hydrogen-bond donors (Lipinski definition) is 2. The van der Waals surface area contributed by atoms with Crippen LogP contribution in [0.2, 0.25) is 0 Å². The molecule has 0 aliphatic carbocycles. The number of hydrogen-bond acceptors (Lipinski definition) is 7. The standard InChI is InChI=1S/C41H54N4O7/c1-29(46)51-25-15-24-42-37(48)34(27-30-16-10-9-11-17-30)45(8)38(49)35(28-31-21-22-32-18-12-13-19-33(32)26-31)44(7)36(47)20-14-23-41(5,6)43-39(50)52-40(2,3)4/h9-14,16-22,26,34-35H,15,23-25,27-28H2,1-8H3,(H,42,48)(H,43,50)/t34-,35-/m1/s1. The highest BCUT2D eigenvalue weighted by molar-refractivity contribution is 5.95. The van der Waals surface area contributed by atoms with Crippen molar-refractivity contribution < 1.29 is 33.4 Å². The third kappa shape index (κ3) is 13.5. The Hall–Kier alpha value is -5.19. The topological polar surface area (TPSA) is 134 Å². The SMILES string of the molecule is CC(=O)OCCCNC(=O)[C@@H](Cc1ccccc1)N(C)C(=O)[C@@H](Cc1ccc2ccccc2c1)N(C)C(=O)C=CCC(C)(C)NC(=O)OC(C)(C)C. The number of nitrogens with zero attached hydrogens (tertiary/aromatic N) is 2. The number of fused-ring (bicyclic) bond motifs is 1. The zero-order valence-corrected chi connectivity index (χ0v) is 31.7. The van der Waals surface area contributed by atoms with Crippen molar-refractivity contribution in [2.75, 3.05) is 27.2 Å². The van der Waals surface area contributed by atoms with E-state index >= 15 is 0 Å². The Labute approximate surface area is 307 Å². The van der Waals surface area contributed by atoms with E-state index < -0.39 is 47.1 Å². The molecule has 0 radical (unpaired) electrons. The van der Waals surface area contributed by atoms with Crippen molar-refractivity contribution >= 4 is 40.6 Å². The molecule has 0 spiro atoms. The first kappa shape index (κ1) is 41.2. The summed E-state index contributed by atoms with van der Waals surface area (Å²) < 4.78 is 10.4. The van der Waals surface area contributed by atoms with E-state index in [1.165, 1.54) is 22.8 Å². The van der Waals surface area contributed by atoms with Crippen LogP contribution >= 0.6 is 0 Å². The van der Waals surface area contributed by atoms with E-state index in [1.807, 2.05) is 86.6 Å². The summed E-state index contributed by atoms with van der Waals surface area (Å²) in [5.74, 6) is -1.57. The molecular formula is C41H54N4O7. The number of amides is 4. The van der Waals surface area contributed by atoms with Gasteiger partial charge in [0.1, 0.15) is 17.7 Å². The maximum atomic E-state index is 14.5. The van der Waals surface area contributed by atoms with Crippen LogP contribution in [-0.4, -0.2) is 90.1 Å². The summed E-state index contributed by atoms with van der Waals surface area (Å²) in [6.45, 7) is 10.7. The summed E-state index contributed by atoms with van der Waals surface area (Å²) in [6.07, 6.45) is 3.70. The van der Waals surface area contributed by atoms with Crippen molar-refractivity contribution in [2.24, 2.45) is 0 Å². The summed E-state index contributed by atoms with van der Waals surface area (Å²) in [5.41, 5.74) is 0.351. The molecule has 0 aliphatic heterocycles. The molecule has 3 rings (SSSR count). The van der Waals surface area contributed by atoms with E-state index in [-0.39, 0.29) is 31.9 Å². The zero-order chi connectivity index (χ0) is 38.5. The molecule has 4 amide bonds. The molecule has 11 nitrogen and oxygen atoms in total. The molecule has 0 saturated carbocycles.